The maximum atomic E-state index is 10.2. The standard InChI is InChI=1S/C8H16O4/c1-8(12-2,5-6-9)4-3-7(10)11/h9H,3-6H2,1-2H3,(H,10,11). The summed E-state index contributed by atoms with van der Waals surface area (Å²) < 4.78 is 5.11. The van der Waals surface area contributed by atoms with E-state index in [1.807, 2.05) is 0 Å². The molecule has 0 amide bonds. The Labute approximate surface area is 72.2 Å². The van der Waals surface area contributed by atoms with E-state index < -0.39 is 11.6 Å². The Morgan fingerprint density at radius 1 is 1.50 bits per heavy atom. The van der Waals surface area contributed by atoms with Gasteiger partial charge in [-0.05, 0) is 19.8 Å². The quantitative estimate of drug-likeness (QED) is 0.623. The van der Waals surface area contributed by atoms with Crippen molar-refractivity contribution in [1.82, 2.24) is 0 Å². The van der Waals surface area contributed by atoms with Crippen LogP contribution in [0.3, 0.4) is 0 Å². The van der Waals surface area contributed by atoms with Crippen LogP contribution >= 0.6 is 0 Å². The Balaban J connectivity index is 3.86. The Morgan fingerprint density at radius 2 is 2.08 bits per heavy atom. The van der Waals surface area contributed by atoms with Crippen molar-refractivity contribution >= 4 is 5.97 Å². The lowest BCUT2D eigenvalue weighted by molar-refractivity contribution is -0.138. The number of rotatable bonds is 6. The van der Waals surface area contributed by atoms with Gasteiger partial charge in [0, 0.05) is 20.1 Å². The van der Waals surface area contributed by atoms with Crippen molar-refractivity contribution in [3.63, 3.8) is 0 Å². The zero-order valence-electron chi connectivity index (χ0n) is 7.54. The number of carbonyl (C=O) groups is 1. The monoisotopic (exact) mass is 176 g/mol. The van der Waals surface area contributed by atoms with Gasteiger partial charge in [-0.25, -0.2) is 0 Å². The molecule has 0 fully saturated rings. The van der Waals surface area contributed by atoms with Crippen LogP contribution in [0.25, 0.3) is 0 Å². The Hall–Kier alpha value is -0.610. The predicted molar refractivity (Wildman–Crippen MR) is 44.0 cm³/mol. The average molecular weight is 176 g/mol. The lowest BCUT2D eigenvalue weighted by Gasteiger charge is -2.26. The van der Waals surface area contributed by atoms with Crippen molar-refractivity contribution in [2.45, 2.75) is 31.8 Å². The van der Waals surface area contributed by atoms with Crippen LogP contribution in [0.1, 0.15) is 26.2 Å². The van der Waals surface area contributed by atoms with E-state index in [9.17, 15) is 4.79 Å². The molecule has 72 valence electrons. The average Bonchev–Trinajstić information content (AvgIpc) is 2.02. The topological polar surface area (TPSA) is 66.8 Å². The molecule has 0 spiro atoms. The van der Waals surface area contributed by atoms with E-state index >= 15 is 0 Å². The minimum Gasteiger partial charge on any atom is -0.481 e. The molecule has 0 heterocycles. The maximum Gasteiger partial charge on any atom is 0.303 e. The number of hydrogen-bond donors (Lipinski definition) is 2. The van der Waals surface area contributed by atoms with Gasteiger partial charge in [-0.3, -0.25) is 4.79 Å². The van der Waals surface area contributed by atoms with Gasteiger partial charge in [0.2, 0.25) is 0 Å². The molecule has 12 heavy (non-hydrogen) atoms. The van der Waals surface area contributed by atoms with E-state index in [4.69, 9.17) is 14.9 Å². The molecule has 0 radical (unpaired) electrons. The summed E-state index contributed by atoms with van der Waals surface area (Å²) in [7, 11) is 1.53. The molecule has 1 unspecified atom stereocenters. The molecule has 1 atom stereocenters. The van der Waals surface area contributed by atoms with Gasteiger partial charge in [0.25, 0.3) is 0 Å². The zero-order chi connectivity index (χ0) is 9.61. The SMILES string of the molecule is COC(C)(CCO)CCC(=O)O. The summed E-state index contributed by atoms with van der Waals surface area (Å²) in [5, 5.41) is 17.1. The van der Waals surface area contributed by atoms with Crippen LogP contribution in [0.15, 0.2) is 0 Å². The highest BCUT2D eigenvalue weighted by molar-refractivity contribution is 5.66. The maximum absolute atomic E-state index is 10.2. The van der Waals surface area contributed by atoms with Crippen LogP contribution in [0, 0.1) is 0 Å². The van der Waals surface area contributed by atoms with Gasteiger partial charge >= 0.3 is 5.97 Å². The smallest absolute Gasteiger partial charge is 0.303 e. The van der Waals surface area contributed by atoms with E-state index in [1.165, 1.54) is 7.11 Å². The van der Waals surface area contributed by atoms with Gasteiger partial charge in [0.05, 0.1) is 5.60 Å². The molecule has 4 heteroatoms. The van der Waals surface area contributed by atoms with E-state index in [0.717, 1.165) is 0 Å². The first-order valence-corrected chi connectivity index (χ1v) is 3.92. The third kappa shape index (κ3) is 4.31. The number of hydrogen-bond acceptors (Lipinski definition) is 3. The number of methoxy groups -OCH3 is 1. The molecule has 0 bridgehead atoms. The second-order valence-electron chi connectivity index (χ2n) is 3.02. The molecule has 0 saturated carbocycles. The molecule has 0 aliphatic rings. The Kier molecular flexibility index (Phi) is 4.85. The summed E-state index contributed by atoms with van der Waals surface area (Å²) in [6.07, 6.45) is 0.973. The predicted octanol–water partition coefficient (Wildman–Crippen LogP) is 0.639. The first kappa shape index (κ1) is 11.4. The molecule has 0 aromatic heterocycles. The van der Waals surface area contributed by atoms with E-state index in [-0.39, 0.29) is 13.0 Å². The number of ether oxygens (including phenoxy) is 1. The highest BCUT2D eigenvalue weighted by Gasteiger charge is 2.23. The third-order valence-electron chi connectivity index (χ3n) is 2.00. The van der Waals surface area contributed by atoms with Crippen molar-refractivity contribution in [2.75, 3.05) is 13.7 Å². The van der Waals surface area contributed by atoms with Crippen molar-refractivity contribution in [3.8, 4) is 0 Å². The summed E-state index contributed by atoms with van der Waals surface area (Å²) >= 11 is 0. The summed E-state index contributed by atoms with van der Waals surface area (Å²) in [6, 6.07) is 0. The highest BCUT2D eigenvalue weighted by atomic mass is 16.5. The first-order valence-electron chi connectivity index (χ1n) is 3.92. The van der Waals surface area contributed by atoms with Crippen LogP contribution in [0.4, 0.5) is 0 Å². The summed E-state index contributed by atoms with van der Waals surface area (Å²) in [6.45, 7) is 1.82. The largest absolute Gasteiger partial charge is 0.481 e. The molecule has 0 aromatic carbocycles. The number of carboxylic acids is 1. The second-order valence-corrected chi connectivity index (χ2v) is 3.02. The Morgan fingerprint density at radius 3 is 2.42 bits per heavy atom. The third-order valence-corrected chi connectivity index (χ3v) is 2.00. The van der Waals surface area contributed by atoms with Crippen LogP contribution in [-0.4, -0.2) is 35.5 Å². The van der Waals surface area contributed by atoms with Gasteiger partial charge in [-0.15, -0.1) is 0 Å². The second kappa shape index (κ2) is 5.11. The van der Waals surface area contributed by atoms with Crippen molar-refractivity contribution in [2.24, 2.45) is 0 Å². The van der Waals surface area contributed by atoms with E-state index in [2.05, 4.69) is 0 Å². The van der Waals surface area contributed by atoms with E-state index in [1.54, 1.807) is 6.92 Å². The minimum absolute atomic E-state index is 0.0178. The summed E-state index contributed by atoms with van der Waals surface area (Å²) in [4.78, 5) is 10.2. The fourth-order valence-corrected chi connectivity index (χ4v) is 0.937. The van der Waals surface area contributed by atoms with Crippen LogP contribution in [0.5, 0.6) is 0 Å². The minimum atomic E-state index is -0.837. The van der Waals surface area contributed by atoms with Gasteiger partial charge in [0.1, 0.15) is 0 Å². The molecule has 0 aliphatic carbocycles. The van der Waals surface area contributed by atoms with Gasteiger partial charge in [0.15, 0.2) is 0 Å². The first-order chi connectivity index (χ1) is 5.54. The molecular weight excluding hydrogens is 160 g/mol. The summed E-state index contributed by atoms with van der Waals surface area (Å²) in [5.41, 5.74) is -0.507. The molecule has 0 aliphatic heterocycles. The molecule has 4 nitrogen and oxygen atoms in total. The van der Waals surface area contributed by atoms with Crippen LogP contribution in [0.2, 0.25) is 0 Å². The van der Waals surface area contributed by atoms with Gasteiger partial charge in [-0.2, -0.15) is 0 Å². The van der Waals surface area contributed by atoms with Crippen LogP contribution in [-0.2, 0) is 9.53 Å². The van der Waals surface area contributed by atoms with Crippen molar-refractivity contribution < 1.29 is 19.7 Å². The molecule has 0 rings (SSSR count). The van der Waals surface area contributed by atoms with Crippen LogP contribution < -0.4 is 0 Å². The van der Waals surface area contributed by atoms with Gasteiger partial charge in [-0.1, -0.05) is 0 Å². The number of aliphatic carboxylic acids is 1. The van der Waals surface area contributed by atoms with Crippen molar-refractivity contribution in [1.29, 1.82) is 0 Å². The number of aliphatic hydroxyl groups excluding tert-OH is 1. The fourth-order valence-electron chi connectivity index (χ4n) is 0.937. The zero-order valence-corrected chi connectivity index (χ0v) is 7.54. The Bertz CT molecular complexity index is 146. The van der Waals surface area contributed by atoms with E-state index in [0.29, 0.717) is 12.8 Å². The molecule has 2 N–H and O–H groups in total. The molecule has 0 aromatic rings. The summed E-state index contributed by atoms with van der Waals surface area (Å²) in [5.74, 6) is -0.837. The van der Waals surface area contributed by atoms with Gasteiger partial charge < -0.3 is 14.9 Å². The lowest BCUT2D eigenvalue weighted by Crippen LogP contribution is -2.29. The normalized spacial score (nSPS) is 15.6. The fraction of sp³-hybridized carbons (Fsp3) is 0.875. The highest BCUT2D eigenvalue weighted by Crippen LogP contribution is 2.20. The molecular formula is C8H16O4. The lowest BCUT2D eigenvalue weighted by atomic mass is 9.96. The van der Waals surface area contributed by atoms with Crippen molar-refractivity contribution in [3.05, 3.63) is 0 Å². The molecule has 0 saturated heterocycles. The number of aliphatic hydroxyl groups is 1. The number of carboxylic acid groups (broad SMARTS) is 1.